The molecule has 2 atom stereocenters. The van der Waals surface area contributed by atoms with Crippen LogP contribution in [0.25, 0.3) is 0 Å². The molecule has 2 N–H and O–H groups in total. The Labute approximate surface area is 150 Å². The molecule has 0 bridgehead atoms. The highest BCUT2D eigenvalue weighted by Gasteiger charge is 2.49. The lowest BCUT2D eigenvalue weighted by Gasteiger charge is -2.45. The van der Waals surface area contributed by atoms with Gasteiger partial charge in [-0.2, -0.15) is 0 Å². The Kier molecular flexibility index (Phi) is 4.56. The average molecular weight is 343 g/mol. The minimum absolute atomic E-state index is 0.0195. The van der Waals surface area contributed by atoms with Crippen LogP contribution < -0.4 is 10.6 Å². The van der Waals surface area contributed by atoms with Crippen LogP contribution in [0.2, 0.25) is 0 Å². The van der Waals surface area contributed by atoms with E-state index in [1.165, 1.54) is 36.8 Å². The molecular formula is C20H29N3O2. The molecule has 1 saturated heterocycles. The summed E-state index contributed by atoms with van der Waals surface area (Å²) >= 11 is 0. The number of nitrogens with zero attached hydrogens (tertiary/aromatic N) is 1. The molecule has 3 aliphatic rings. The van der Waals surface area contributed by atoms with Gasteiger partial charge in [0.05, 0.1) is 6.10 Å². The first-order valence-electron chi connectivity index (χ1n) is 9.55. The van der Waals surface area contributed by atoms with Crippen molar-refractivity contribution in [2.24, 2.45) is 0 Å². The van der Waals surface area contributed by atoms with Gasteiger partial charge in [-0.15, -0.1) is 0 Å². The van der Waals surface area contributed by atoms with E-state index < -0.39 is 5.54 Å². The molecule has 25 heavy (non-hydrogen) atoms. The number of nitrogens with one attached hydrogen (secondary N) is 2. The Morgan fingerprint density at radius 1 is 1.32 bits per heavy atom. The standard InChI is InChI=1S/C20H29N3O2/c1-20(18(25-2)12-21-20)19(24)22-16-8-7-15-13-23(10-9-14(15)11-16)17-5-3-4-6-17/h7-8,11,17-18,21H,3-6,9-10,12-13H2,1-2H3,(H,22,24)/t18-,20+/m0/s1. The molecule has 2 heterocycles. The van der Waals surface area contributed by atoms with E-state index in [-0.39, 0.29) is 12.0 Å². The fraction of sp³-hybridized carbons (Fsp3) is 0.650. The number of carbonyl (C=O) groups excluding carboxylic acids is 1. The van der Waals surface area contributed by atoms with E-state index in [9.17, 15) is 4.79 Å². The number of anilines is 1. The van der Waals surface area contributed by atoms with Crippen molar-refractivity contribution in [3.8, 4) is 0 Å². The quantitative estimate of drug-likeness (QED) is 0.881. The van der Waals surface area contributed by atoms with Crippen molar-refractivity contribution in [2.45, 2.75) is 63.3 Å². The molecule has 0 aromatic heterocycles. The Balaban J connectivity index is 1.43. The molecule has 1 aromatic carbocycles. The molecule has 5 heteroatoms. The van der Waals surface area contributed by atoms with Crippen LogP contribution in [-0.4, -0.2) is 48.7 Å². The van der Waals surface area contributed by atoms with Crippen LogP contribution in [0.4, 0.5) is 5.69 Å². The van der Waals surface area contributed by atoms with Gasteiger partial charge in [0, 0.05) is 38.5 Å². The molecule has 2 fully saturated rings. The molecule has 1 amide bonds. The summed E-state index contributed by atoms with van der Waals surface area (Å²) in [4.78, 5) is 15.3. The summed E-state index contributed by atoms with van der Waals surface area (Å²) in [6.45, 7) is 4.82. The number of hydrogen-bond donors (Lipinski definition) is 2. The number of amides is 1. The number of carbonyl (C=O) groups is 1. The number of hydrogen-bond acceptors (Lipinski definition) is 4. The van der Waals surface area contributed by atoms with E-state index in [1.807, 2.05) is 13.0 Å². The van der Waals surface area contributed by atoms with Crippen molar-refractivity contribution in [3.05, 3.63) is 29.3 Å². The summed E-state index contributed by atoms with van der Waals surface area (Å²) in [6, 6.07) is 7.17. The second-order valence-corrected chi connectivity index (χ2v) is 7.90. The third-order valence-corrected chi connectivity index (χ3v) is 6.40. The minimum Gasteiger partial charge on any atom is -0.378 e. The largest absolute Gasteiger partial charge is 0.378 e. The maximum Gasteiger partial charge on any atom is 0.247 e. The zero-order chi connectivity index (χ0) is 17.4. The van der Waals surface area contributed by atoms with Gasteiger partial charge in [0.25, 0.3) is 0 Å². The van der Waals surface area contributed by atoms with Crippen LogP contribution in [0.1, 0.15) is 43.7 Å². The maximum absolute atomic E-state index is 12.6. The molecule has 0 radical (unpaired) electrons. The van der Waals surface area contributed by atoms with E-state index in [4.69, 9.17) is 4.74 Å². The van der Waals surface area contributed by atoms with Crippen molar-refractivity contribution in [3.63, 3.8) is 0 Å². The Morgan fingerprint density at radius 2 is 2.12 bits per heavy atom. The third-order valence-electron chi connectivity index (χ3n) is 6.40. The lowest BCUT2D eigenvalue weighted by atomic mass is 9.85. The summed E-state index contributed by atoms with van der Waals surface area (Å²) in [5, 5.41) is 6.27. The Morgan fingerprint density at radius 3 is 2.80 bits per heavy atom. The molecule has 5 nitrogen and oxygen atoms in total. The van der Waals surface area contributed by atoms with Crippen LogP contribution in [-0.2, 0) is 22.5 Å². The number of methoxy groups -OCH3 is 1. The lowest BCUT2D eigenvalue weighted by molar-refractivity contribution is -0.134. The third kappa shape index (κ3) is 3.09. The highest BCUT2D eigenvalue weighted by atomic mass is 16.5. The topological polar surface area (TPSA) is 53.6 Å². The van der Waals surface area contributed by atoms with Crippen LogP contribution in [0.5, 0.6) is 0 Å². The molecule has 0 spiro atoms. The van der Waals surface area contributed by atoms with Gasteiger partial charge in [-0.1, -0.05) is 18.9 Å². The predicted octanol–water partition coefficient (Wildman–Crippen LogP) is 2.30. The van der Waals surface area contributed by atoms with E-state index in [0.29, 0.717) is 0 Å². The number of rotatable bonds is 4. The Hall–Kier alpha value is -1.43. The first-order chi connectivity index (χ1) is 12.1. The first-order valence-corrected chi connectivity index (χ1v) is 9.55. The second kappa shape index (κ2) is 6.71. The number of benzene rings is 1. The Bertz CT molecular complexity index is 654. The molecule has 0 unspecified atom stereocenters. The normalized spacial score (nSPS) is 29.9. The van der Waals surface area contributed by atoms with Gasteiger partial charge < -0.3 is 10.1 Å². The molecule has 136 valence electrons. The van der Waals surface area contributed by atoms with E-state index >= 15 is 0 Å². The zero-order valence-corrected chi connectivity index (χ0v) is 15.3. The number of fused-ring (bicyclic) bond motifs is 1. The van der Waals surface area contributed by atoms with Crippen molar-refractivity contribution >= 4 is 11.6 Å². The van der Waals surface area contributed by atoms with Gasteiger partial charge in [0.1, 0.15) is 5.54 Å². The molecule has 1 saturated carbocycles. The fourth-order valence-corrected chi connectivity index (χ4v) is 4.53. The summed E-state index contributed by atoms with van der Waals surface area (Å²) in [5.41, 5.74) is 3.05. The van der Waals surface area contributed by atoms with Gasteiger partial charge in [0.2, 0.25) is 5.91 Å². The lowest BCUT2D eigenvalue weighted by Crippen LogP contribution is -2.73. The van der Waals surface area contributed by atoms with Crippen molar-refractivity contribution < 1.29 is 9.53 Å². The van der Waals surface area contributed by atoms with Gasteiger partial charge in [0.15, 0.2) is 0 Å². The molecule has 4 rings (SSSR count). The SMILES string of the molecule is CO[C@H]1CN[C@@]1(C)C(=O)Nc1ccc2c(c1)CCN(C1CCCC1)C2. The van der Waals surface area contributed by atoms with E-state index in [1.54, 1.807) is 7.11 Å². The fourth-order valence-electron chi connectivity index (χ4n) is 4.53. The van der Waals surface area contributed by atoms with Gasteiger partial charge in [-0.05, 0) is 49.4 Å². The smallest absolute Gasteiger partial charge is 0.247 e. The van der Waals surface area contributed by atoms with Crippen molar-refractivity contribution in [2.75, 3.05) is 25.5 Å². The highest BCUT2D eigenvalue weighted by molar-refractivity contribution is 5.99. The van der Waals surface area contributed by atoms with Gasteiger partial charge >= 0.3 is 0 Å². The van der Waals surface area contributed by atoms with E-state index in [0.717, 1.165) is 37.8 Å². The molecule has 1 aliphatic carbocycles. The molecule has 2 aliphatic heterocycles. The molecular weight excluding hydrogens is 314 g/mol. The van der Waals surface area contributed by atoms with Gasteiger partial charge in [-0.25, -0.2) is 0 Å². The highest BCUT2D eigenvalue weighted by Crippen LogP contribution is 2.30. The minimum atomic E-state index is -0.635. The molecule has 1 aromatic rings. The van der Waals surface area contributed by atoms with Crippen LogP contribution in [0, 0.1) is 0 Å². The predicted molar refractivity (Wildman–Crippen MR) is 98.6 cm³/mol. The zero-order valence-electron chi connectivity index (χ0n) is 15.3. The number of ether oxygens (including phenoxy) is 1. The van der Waals surface area contributed by atoms with Crippen LogP contribution in [0.3, 0.4) is 0 Å². The second-order valence-electron chi connectivity index (χ2n) is 7.90. The summed E-state index contributed by atoms with van der Waals surface area (Å²) in [6.07, 6.45) is 6.49. The summed E-state index contributed by atoms with van der Waals surface area (Å²) in [5.74, 6) is -0.0195. The monoisotopic (exact) mass is 343 g/mol. The summed E-state index contributed by atoms with van der Waals surface area (Å²) < 4.78 is 5.38. The van der Waals surface area contributed by atoms with Crippen molar-refractivity contribution in [1.29, 1.82) is 0 Å². The van der Waals surface area contributed by atoms with Gasteiger partial charge in [-0.3, -0.25) is 15.0 Å². The van der Waals surface area contributed by atoms with E-state index in [2.05, 4.69) is 27.7 Å². The first kappa shape index (κ1) is 17.0. The average Bonchev–Trinajstić information content (AvgIpc) is 3.14. The maximum atomic E-state index is 12.6. The van der Waals surface area contributed by atoms with Crippen molar-refractivity contribution in [1.82, 2.24) is 10.2 Å². The van der Waals surface area contributed by atoms with Crippen LogP contribution in [0.15, 0.2) is 18.2 Å². The summed E-state index contributed by atoms with van der Waals surface area (Å²) in [7, 11) is 1.66. The van der Waals surface area contributed by atoms with Crippen LogP contribution >= 0.6 is 0 Å².